The van der Waals surface area contributed by atoms with Crippen LogP contribution in [0.3, 0.4) is 0 Å². The van der Waals surface area contributed by atoms with Gasteiger partial charge >= 0.3 is 0 Å². The maximum atomic E-state index is 5.24. The summed E-state index contributed by atoms with van der Waals surface area (Å²) in [5, 5.41) is 0. The standard InChI is InChI=1S/C19H28/c1-3-5-7-8-9-11-13-19-16-14-18(15-17-19)12-10-6-4-2/h1,14-17H,4-13H2,2H3. The first-order valence-corrected chi connectivity index (χ1v) is 7.88. The third kappa shape index (κ3) is 7.73. The largest absolute Gasteiger partial charge is 0.120 e. The summed E-state index contributed by atoms with van der Waals surface area (Å²) in [6, 6.07) is 9.23. The Kier molecular flexibility index (Phi) is 8.90. The van der Waals surface area contributed by atoms with Crippen molar-refractivity contribution in [3.63, 3.8) is 0 Å². The van der Waals surface area contributed by atoms with Gasteiger partial charge in [-0.2, -0.15) is 0 Å². The highest BCUT2D eigenvalue weighted by atomic mass is 14.0. The van der Waals surface area contributed by atoms with Gasteiger partial charge in [-0.1, -0.05) is 56.9 Å². The molecule has 0 saturated heterocycles. The number of benzene rings is 1. The Morgan fingerprint density at radius 2 is 1.32 bits per heavy atom. The van der Waals surface area contributed by atoms with E-state index in [9.17, 15) is 0 Å². The van der Waals surface area contributed by atoms with Crippen molar-refractivity contribution in [1.82, 2.24) is 0 Å². The average molecular weight is 256 g/mol. The molecule has 19 heavy (non-hydrogen) atoms. The van der Waals surface area contributed by atoms with Crippen LogP contribution in [0.25, 0.3) is 0 Å². The summed E-state index contributed by atoms with van der Waals surface area (Å²) in [5.74, 6) is 2.70. The lowest BCUT2D eigenvalue weighted by Crippen LogP contribution is -1.89. The second kappa shape index (κ2) is 10.7. The van der Waals surface area contributed by atoms with Gasteiger partial charge in [0.2, 0.25) is 0 Å². The molecule has 0 unspecified atom stereocenters. The van der Waals surface area contributed by atoms with E-state index in [2.05, 4.69) is 37.1 Å². The van der Waals surface area contributed by atoms with Gasteiger partial charge in [0.1, 0.15) is 0 Å². The molecule has 1 rings (SSSR count). The predicted molar refractivity (Wildman–Crippen MR) is 85.3 cm³/mol. The average Bonchev–Trinajstić information content (AvgIpc) is 2.44. The molecule has 1 aromatic rings. The van der Waals surface area contributed by atoms with Crippen LogP contribution >= 0.6 is 0 Å². The van der Waals surface area contributed by atoms with E-state index in [1.165, 1.54) is 68.9 Å². The summed E-state index contributed by atoms with van der Waals surface area (Å²) in [6.07, 6.45) is 17.7. The number of rotatable bonds is 10. The van der Waals surface area contributed by atoms with Gasteiger partial charge in [0, 0.05) is 6.42 Å². The molecular weight excluding hydrogens is 228 g/mol. The van der Waals surface area contributed by atoms with Gasteiger partial charge in [-0.25, -0.2) is 0 Å². The molecule has 0 nitrogen and oxygen atoms in total. The Hall–Kier alpha value is -1.22. The van der Waals surface area contributed by atoms with E-state index in [1.54, 1.807) is 0 Å². The van der Waals surface area contributed by atoms with Gasteiger partial charge in [0.15, 0.2) is 0 Å². The number of hydrogen-bond acceptors (Lipinski definition) is 0. The molecule has 0 heteroatoms. The fourth-order valence-electron chi connectivity index (χ4n) is 2.36. The van der Waals surface area contributed by atoms with Gasteiger partial charge in [-0.3, -0.25) is 0 Å². The highest BCUT2D eigenvalue weighted by molar-refractivity contribution is 5.22. The molecule has 0 aromatic heterocycles. The summed E-state index contributed by atoms with van der Waals surface area (Å²) in [5.41, 5.74) is 2.97. The summed E-state index contributed by atoms with van der Waals surface area (Å²) < 4.78 is 0. The lowest BCUT2D eigenvalue weighted by atomic mass is 10.0. The van der Waals surface area contributed by atoms with Crippen LogP contribution in [0, 0.1) is 12.3 Å². The normalized spacial score (nSPS) is 10.3. The minimum atomic E-state index is 0.937. The lowest BCUT2D eigenvalue weighted by Gasteiger charge is -2.04. The Labute approximate surface area is 119 Å². The van der Waals surface area contributed by atoms with Crippen LogP contribution in [0.2, 0.25) is 0 Å². The first kappa shape index (κ1) is 15.8. The van der Waals surface area contributed by atoms with Crippen LogP contribution in [0.15, 0.2) is 24.3 Å². The fraction of sp³-hybridized carbons (Fsp3) is 0.579. The van der Waals surface area contributed by atoms with Crippen molar-refractivity contribution in [3.05, 3.63) is 35.4 Å². The molecule has 104 valence electrons. The van der Waals surface area contributed by atoms with E-state index in [4.69, 9.17) is 6.42 Å². The van der Waals surface area contributed by atoms with Gasteiger partial charge < -0.3 is 0 Å². The molecule has 0 atom stereocenters. The summed E-state index contributed by atoms with van der Waals surface area (Å²) in [7, 11) is 0. The minimum Gasteiger partial charge on any atom is -0.120 e. The summed E-state index contributed by atoms with van der Waals surface area (Å²) in [4.78, 5) is 0. The second-order valence-electron chi connectivity index (χ2n) is 5.39. The third-order valence-corrected chi connectivity index (χ3v) is 3.63. The lowest BCUT2D eigenvalue weighted by molar-refractivity contribution is 0.650. The molecule has 0 amide bonds. The molecule has 0 aliphatic rings. The van der Waals surface area contributed by atoms with E-state index in [1.807, 2.05) is 0 Å². The summed E-state index contributed by atoms with van der Waals surface area (Å²) >= 11 is 0. The minimum absolute atomic E-state index is 0.937. The molecule has 0 N–H and O–H groups in total. The molecular formula is C19H28. The van der Waals surface area contributed by atoms with Crippen molar-refractivity contribution in [1.29, 1.82) is 0 Å². The van der Waals surface area contributed by atoms with Gasteiger partial charge in [-0.15, -0.1) is 12.3 Å². The van der Waals surface area contributed by atoms with Crippen molar-refractivity contribution < 1.29 is 0 Å². The molecule has 0 spiro atoms. The van der Waals surface area contributed by atoms with E-state index >= 15 is 0 Å². The first-order chi connectivity index (χ1) is 9.36. The van der Waals surface area contributed by atoms with E-state index in [-0.39, 0.29) is 0 Å². The zero-order valence-electron chi connectivity index (χ0n) is 12.5. The Balaban J connectivity index is 2.15. The van der Waals surface area contributed by atoms with Crippen molar-refractivity contribution in [3.8, 4) is 12.3 Å². The summed E-state index contributed by atoms with van der Waals surface area (Å²) in [6.45, 7) is 2.26. The van der Waals surface area contributed by atoms with Gasteiger partial charge in [-0.05, 0) is 43.2 Å². The molecule has 0 heterocycles. The smallest absolute Gasteiger partial charge is 0.00860 e. The van der Waals surface area contributed by atoms with Crippen LogP contribution in [0.4, 0.5) is 0 Å². The third-order valence-electron chi connectivity index (χ3n) is 3.63. The van der Waals surface area contributed by atoms with Gasteiger partial charge in [0.05, 0.1) is 0 Å². The topological polar surface area (TPSA) is 0 Å². The maximum Gasteiger partial charge on any atom is 0.00860 e. The highest BCUT2D eigenvalue weighted by Gasteiger charge is 1.96. The molecule has 0 fully saturated rings. The van der Waals surface area contributed by atoms with Crippen LogP contribution in [0.1, 0.15) is 69.4 Å². The number of hydrogen-bond donors (Lipinski definition) is 0. The predicted octanol–water partition coefficient (Wildman–Crippen LogP) is 5.55. The van der Waals surface area contributed by atoms with Crippen molar-refractivity contribution in [2.24, 2.45) is 0 Å². The van der Waals surface area contributed by atoms with Crippen molar-refractivity contribution >= 4 is 0 Å². The molecule has 0 saturated carbocycles. The number of terminal acetylenes is 1. The molecule has 1 aromatic carbocycles. The van der Waals surface area contributed by atoms with Crippen molar-refractivity contribution in [2.75, 3.05) is 0 Å². The number of unbranched alkanes of at least 4 members (excludes halogenated alkanes) is 6. The van der Waals surface area contributed by atoms with E-state index in [0.717, 1.165) is 6.42 Å². The van der Waals surface area contributed by atoms with E-state index < -0.39 is 0 Å². The molecule has 0 aliphatic carbocycles. The highest BCUT2D eigenvalue weighted by Crippen LogP contribution is 2.12. The maximum absolute atomic E-state index is 5.24. The Morgan fingerprint density at radius 3 is 1.84 bits per heavy atom. The fourth-order valence-corrected chi connectivity index (χ4v) is 2.36. The van der Waals surface area contributed by atoms with Crippen LogP contribution in [-0.4, -0.2) is 0 Å². The van der Waals surface area contributed by atoms with Crippen LogP contribution < -0.4 is 0 Å². The zero-order chi connectivity index (χ0) is 13.8. The molecule has 0 radical (unpaired) electrons. The SMILES string of the molecule is C#CCCCCCCc1ccc(CCCCC)cc1. The Morgan fingerprint density at radius 1 is 0.789 bits per heavy atom. The monoisotopic (exact) mass is 256 g/mol. The molecule has 0 bridgehead atoms. The zero-order valence-corrected chi connectivity index (χ0v) is 12.5. The van der Waals surface area contributed by atoms with Gasteiger partial charge in [0.25, 0.3) is 0 Å². The van der Waals surface area contributed by atoms with Crippen LogP contribution in [-0.2, 0) is 12.8 Å². The number of aryl methyl sites for hydroxylation is 2. The second-order valence-corrected chi connectivity index (χ2v) is 5.39. The van der Waals surface area contributed by atoms with Crippen molar-refractivity contribution in [2.45, 2.75) is 71.1 Å². The Bertz CT molecular complexity index is 353. The molecule has 0 aliphatic heterocycles. The first-order valence-electron chi connectivity index (χ1n) is 7.88. The quantitative estimate of drug-likeness (QED) is 0.380. The van der Waals surface area contributed by atoms with E-state index in [0.29, 0.717) is 0 Å². The van der Waals surface area contributed by atoms with Crippen LogP contribution in [0.5, 0.6) is 0 Å².